The highest BCUT2D eigenvalue weighted by molar-refractivity contribution is 7.99. The van der Waals surface area contributed by atoms with E-state index in [0.717, 1.165) is 11.8 Å². The minimum atomic E-state index is -2.32. The van der Waals surface area contributed by atoms with Crippen LogP contribution in [0.2, 0.25) is 0 Å². The Morgan fingerprint density at radius 1 is 1.16 bits per heavy atom. The number of fused-ring (bicyclic) bond motifs is 5. The van der Waals surface area contributed by atoms with Crippen molar-refractivity contribution in [2.24, 2.45) is 5.92 Å². The van der Waals surface area contributed by atoms with Gasteiger partial charge in [-0.15, -0.1) is 11.8 Å². The molecule has 1 aromatic rings. The van der Waals surface area contributed by atoms with Gasteiger partial charge in [0, 0.05) is 16.6 Å². The van der Waals surface area contributed by atoms with Crippen molar-refractivity contribution in [3.8, 4) is 0 Å². The number of hydrogen-bond acceptors (Lipinski definition) is 8. The van der Waals surface area contributed by atoms with E-state index >= 15 is 0 Å². The predicted octanol–water partition coefficient (Wildman–Crippen LogP) is -0.152. The number of carbonyl (C=O) groups is 2. The van der Waals surface area contributed by atoms with Gasteiger partial charge in [0.2, 0.25) is 5.72 Å². The predicted molar refractivity (Wildman–Crippen MR) is 118 cm³/mol. The summed E-state index contributed by atoms with van der Waals surface area (Å²) in [6.07, 6.45) is -1.76. The summed E-state index contributed by atoms with van der Waals surface area (Å²) >= 11 is 1.44. The molecule has 9 nitrogen and oxygen atoms in total. The van der Waals surface area contributed by atoms with E-state index in [1.807, 2.05) is 24.3 Å². The molecule has 4 rings (SSSR count). The molecule has 5 atom stereocenters. The van der Waals surface area contributed by atoms with Gasteiger partial charge in [-0.3, -0.25) is 9.59 Å². The molecule has 1 aromatic carbocycles. The van der Waals surface area contributed by atoms with Crippen molar-refractivity contribution in [2.75, 3.05) is 19.0 Å². The number of thioether (sulfide) groups is 1. The molecule has 3 heterocycles. The number of benzene rings is 1. The highest BCUT2D eigenvalue weighted by atomic mass is 32.2. The van der Waals surface area contributed by atoms with Gasteiger partial charge in [0.25, 0.3) is 17.5 Å². The van der Waals surface area contributed by atoms with E-state index in [-0.39, 0.29) is 18.4 Å². The molecule has 0 aliphatic carbocycles. The highest BCUT2D eigenvalue weighted by Gasteiger charge is 2.64. The van der Waals surface area contributed by atoms with Crippen LogP contribution in [-0.4, -0.2) is 74.4 Å². The molecule has 6 N–H and O–H groups in total. The first-order valence-electron chi connectivity index (χ1n) is 10.5. The van der Waals surface area contributed by atoms with E-state index in [1.165, 1.54) is 17.3 Å². The maximum absolute atomic E-state index is 12.9. The molecule has 3 aliphatic rings. The van der Waals surface area contributed by atoms with E-state index in [2.05, 4.69) is 31.4 Å². The minimum absolute atomic E-state index is 0.0252. The average molecular weight is 469 g/mol. The van der Waals surface area contributed by atoms with Gasteiger partial charge in [-0.05, 0) is 36.5 Å². The maximum atomic E-state index is 12.9. The summed E-state index contributed by atoms with van der Waals surface area (Å²) in [5.74, 6) is -2.29. The minimum Gasteiger partial charge on any atom is -0.393 e. The summed E-state index contributed by atoms with van der Waals surface area (Å²) in [7, 11) is 0. The molecule has 0 spiro atoms. The zero-order valence-electron chi connectivity index (χ0n) is 18.7. The van der Waals surface area contributed by atoms with E-state index in [9.17, 15) is 30.0 Å². The van der Waals surface area contributed by atoms with Gasteiger partial charge >= 0.3 is 0 Å². The van der Waals surface area contributed by atoms with E-state index in [1.54, 1.807) is 0 Å². The smallest absolute Gasteiger partial charge is 0.278 e. The Labute approximate surface area is 191 Å². The number of rotatable bonds is 6. The van der Waals surface area contributed by atoms with Crippen LogP contribution < -0.4 is 10.6 Å². The summed E-state index contributed by atoms with van der Waals surface area (Å²) in [6, 6.07) is 8.03. The second-order valence-electron chi connectivity index (χ2n) is 9.75. The lowest BCUT2D eigenvalue weighted by Crippen LogP contribution is -2.83. The Kier molecular flexibility index (Phi) is 6.69. The molecular formula is C22H32N2O7S. The van der Waals surface area contributed by atoms with Crippen molar-refractivity contribution in [3.05, 3.63) is 29.8 Å². The zero-order chi connectivity index (χ0) is 23.9. The number of carbonyl (C=O) groups excluding carboxylic acids is 2. The topological polar surface area (TPSA) is 148 Å². The number of aliphatic hydroxyl groups is 4. The highest BCUT2D eigenvalue weighted by Crippen LogP contribution is 2.36. The van der Waals surface area contributed by atoms with Crippen LogP contribution >= 0.6 is 11.8 Å². The number of nitrogens with one attached hydrogen (secondary N) is 2. The number of hydrogen-bond donors (Lipinski definition) is 6. The van der Waals surface area contributed by atoms with Crippen molar-refractivity contribution < 1.29 is 34.8 Å². The van der Waals surface area contributed by atoms with Crippen LogP contribution in [0.5, 0.6) is 0 Å². The molecule has 2 bridgehead atoms. The standard InChI is InChI=1S/C22H32N2O7S/c1-19(2,3)13-5-7-15(8-6-13)32-11-14-9-10-31-22(16(26)20(4,29)12-25)18(28)23-21(14,30)17(27)24-22/h5-8,14,16,25-26,29-30H,9-12H2,1-4H3,(H,23,28)(H,24,27)/t14?,16-,20-,21+,22-/m0/s1. The lowest BCUT2D eigenvalue weighted by Gasteiger charge is -2.51. The Bertz CT molecular complexity index is 870. The summed E-state index contributed by atoms with van der Waals surface area (Å²) < 4.78 is 5.59. The van der Waals surface area contributed by atoms with Crippen molar-refractivity contribution >= 4 is 23.6 Å². The van der Waals surface area contributed by atoms with Crippen LogP contribution in [0.15, 0.2) is 29.2 Å². The molecule has 0 radical (unpaired) electrons. The Morgan fingerprint density at radius 3 is 2.34 bits per heavy atom. The fourth-order valence-electron chi connectivity index (χ4n) is 3.85. The van der Waals surface area contributed by atoms with Gasteiger partial charge in [-0.25, -0.2) is 0 Å². The first-order valence-corrected chi connectivity index (χ1v) is 11.5. The van der Waals surface area contributed by atoms with Crippen molar-refractivity contribution in [3.63, 3.8) is 0 Å². The Hall–Kier alpha value is -1.69. The molecule has 1 unspecified atom stereocenters. The maximum Gasteiger partial charge on any atom is 0.278 e. The summed E-state index contributed by atoms with van der Waals surface area (Å²) in [4.78, 5) is 26.7. The van der Waals surface area contributed by atoms with E-state index in [4.69, 9.17) is 4.74 Å². The molecule has 10 heteroatoms. The quantitative estimate of drug-likeness (QED) is 0.316. The third kappa shape index (κ3) is 4.40. The summed E-state index contributed by atoms with van der Waals surface area (Å²) in [5.41, 5.74) is -5.44. The molecule has 178 valence electrons. The van der Waals surface area contributed by atoms with Crippen molar-refractivity contribution in [2.45, 2.75) is 67.6 Å². The van der Waals surface area contributed by atoms with Crippen LogP contribution in [0.3, 0.4) is 0 Å². The fraction of sp³-hybridized carbons (Fsp3) is 0.636. The van der Waals surface area contributed by atoms with Gasteiger partial charge in [-0.1, -0.05) is 32.9 Å². The van der Waals surface area contributed by atoms with Crippen molar-refractivity contribution in [1.29, 1.82) is 0 Å². The van der Waals surface area contributed by atoms with Crippen LogP contribution in [0.25, 0.3) is 0 Å². The molecule has 32 heavy (non-hydrogen) atoms. The van der Waals surface area contributed by atoms with Crippen LogP contribution in [0.1, 0.15) is 39.7 Å². The third-order valence-corrected chi connectivity index (χ3v) is 7.31. The number of amides is 2. The van der Waals surface area contributed by atoms with Crippen LogP contribution in [-0.2, 0) is 19.7 Å². The van der Waals surface area contributed by atoms with E-state index < -0.39 is 47.5 Å². The molecular weight excluding hydrogens is 436 g/mol. The van der Waals surface area contributed by atoms with Gasteiger partial charge in [0.15, 0.2) is 0 Å². The number of ether oxygens (including phenoxy) is 1. The number of aliphatic hydroxyl groups excluding tert-OH is 2. The molecule has 3 fully saturated rings. The Balaban J connectivity index is 1.78. The third-order valence-electron chi connectivity index (χ3n) is 6.14. The molecule has 3 saturated heterocycles. The first-order chi connectivity index (χ1) is 14.8. The van der Waals surface area contributed by atoms with Crippen LogP contribution in [0.4, 0.5) is 0 Å². The monoisotopic (exact) mass is 468 g/mol. The Morgan fingerprint density at radius 2 is 1.78 bits per heavy atom. The lowest BCUT2D eigenvalue weighted by molar-refractivity contribution is -0.240. The average Bonchev–Trinajstić information content (AvgIpc) is 2.72. The van der Waals surface area contributed by atoms with Gasteiger partial charge in [0.05, 0.1) is 13.2 Å². The van der Waals surface area contributed by atoms with Gasteiger partial charge < -0.3 is 35.8 Å². The van der Waals surface area contributed by atoms with Crippen molar-refractivity contribution in [1.82, 2.24) is 10.6 Å². The SMILES string of the molecule is CC(C)(C)c1ccc(SCC2CCO[C@]3([C@@H](O)[C@@](C)(O)CO)NC(=O)[C@@]2(O)NC3=O)cc1. The fourth-order valence-corrected chi connectivity index (χ4v) is 4.98. The van der Waals surface area contributed by atoms with Gasteiger partial charge in [-0.2, -0.15) is 0 Å². The molecule has 0 aromatic heterocycles. The lowest BCUT2D eigenvalue weighted by atomic mass is 9.83. The normalized spacial score (nSPS) is 31.2. The summed E-state index contributed by atoms with van der Waals surface area (Å²) in [6.45, 7) is 6.54. The molecule has 0 saturated carbocycles. The molecule has 2 amide bonds. The largest absolute Gasteiger partial charge is 0.393 e. The first kappa shape index (κ1) is 24.9. The second kappa shape index (κ2) is 8.58. The zero-order valence-corrected chi connectivity index (χ0v) is 19.5. The number of piperazine rings is 1. The van der Waals surface area contributed by atoms with Crippen LogP contribution in [0, 0.1) is 5.92 Å². The second-order valence-corrected chi connectivity index (χ2v) is 10.8. The summed E-state index contributed by atoms with van der Waals surface area (Å²) in [5, 5.41) is 45.8. The molecule has 3 aliphatic heterocycles. The van der Waals surface area contributed by atoms with Gasteiger partial charge in [0.1, 0.15) is 11.7 Å². The van der Waals surface area contributed by atoms with E-state index in [0.29, 0.717) is 5.75 Å².